The van der Waals surface area contributed by atoms with Gasteiger partial charge in [0.1, 0.15) is 12.1 Å². The minimum atomic E-state index is -0.452. The molecule has 5 heteroatoms. The average Bonchev–Trinajstić information content (AvgIpc) is 2.75. The molecule has 1 amide bonds. The van der Waals surface area contributed by atoms with Crippen molar-refractivity contribution < 1.29 is 13.6 Å². The highest BCUT2D eigenvalue weighted by atomic mass is 35.5. The van der Waals surface area contributed by atoms with E-state index in [9.17, 15) is 9.18 Å². The minimum absolute atomic E-state index is 0.150. The Bertz CT molecular complexity index is 511. The van der Waals surface area contributed by atoms with Crippen molar-refractivity contribution in [3.05, 3.63) is 53.2 Å². The molecule has 0 aliphatic carbocycles. The topological polar surface area (TPSA) is 42.2 Å². The summed E-state index contributed by atoms with van der Waals surface area (Å²) in [7, 11) is 0. The molecule has 0 saturated carbocycles. The molecule has 0 spiro atoms. The Hall–Kier alpha value is -1.81. The van der Waals surface area contributed by atoms with E-state index in [1.165, 1.54) is 30.7 Å². The highest BCUT2D eigenvalue weighted by Crippen LogP contribution is 2.22. The van der Waals surface area contributed by atoms with Gasteiger partial charge in [-0.2, -0.15) is 0 Å². The summed E-state index contributed by atoms with van der Waals surface area (Å²) < 4.78 is 17.5. The second kappa shape index (κ2) is 4.37. The Morgan fingerprint density at radius 2 is 2.19 bits per heavy atom. The molecule has 0 unspecified atom stereocenters. The van der Waals surface area contributed by atoms with Crippen LogP contribution in [0.5, 0.6) is 0 Å². The van der Waals surface area contributed by atoms with Gasteiger partial charge < -0.3 is 9.73 Å². The molecule has 1 N–H and O–H groups in total. The first-order chi connectivity index (χ1) is 7.66. The predicted molar refractivity (Wildman–Crippen MR) is 58.1 cm³/mol. The fourth-order valence-electron chi connectivity index (χ4n) is 1.18. The Labute approximate surface area is 95.8 Å². The normalized spacial score (nSPS) is 10.1. The number of nitrogens with one attached hydrogen (secondary N) is 1. The van der Waals surface area contributed by atoms with Crippen molar-refractivity contribution in [2.24, 2.45) is 0 Å². The lowest BCUT2D eigenvalue weighted by Gasteiger charge is -2.05. The molecule has 2 aromatic rings. The molecular weight excluding hydrogens is 233 g/mol. The number of rotatable bonds is 2. The summed E-state index contributed by atoms with van der Waals surface area (Å²) in [4.78, 5) is 11.6. The van der Waals surface area contributed by atoms with Gasteiger partial charge in [-0.15, -0.1) is 0 Å². The van der Waals surface area contributed by atoms with E-state index >= 15 is 0 Å². The molecule has 3 nitrogen and oxygen atoms in total. The van der Waals surface area contributed by atoms with Gasteiger partial charge >= 0.3 is 0 Å². The summed E-state index contributed by atoms with van der Waals surface area (Å²) in [5.41, 5.74) is 0.731. The van der Waals surface area contributed by atoms with Crippen LogP contribution in [-0.4, -0.2) is 5.91 Å². The number of benzene rings is 1. The van der Waals surface area contributed by atoms with E-state index in [0.29, 0.717) is 11.3 Å². The van der Waals surface area contributed by atoms with Crippen LogP contribution in [0.25, 0.3) is 0 Å². The fraction of sp³-hybridized carbons (Fsp3) is 0. The fourth-order valence-corrected chi connectivity index (χ4v) is 1.39. The van der Waals surface area contributed by atoms with E-state index in [0.717, 1.165) is 6.07 Å². The third-order valence-corrected chi connectivity index (χ3v) is 2.28. The van der Waals surface area contributed by atoms with Gasteiger partial charge in [-0.25, -0.2) is 4.39 Å². The lowest BCUT2D eigenvalue weighted by molar-refractivity contribution is 0.102. The summed E-state index contributed by atoms with van der Waals surface area (Å²) in [5, 5.41) is 2.69. The van der Waals surface area contributed by atoms with Crippen molar-refractivity contribution >= 4 is 23.2 Å². The number of hydrogen-bond acceptors (Lipinski definition) is 2. The number of hydrogen-bond donors (Lipinski definition) is 1. The quantitative estimate of drug-likeness (QED) is 0.874. The highest BCUT2D eigenvalue weighted by Gasteiger charge is 2.09. The molecule has 0 radical (unpaired) electrons. The molecule has 0 saturated heterocycles. The van der Waals surface area contributed by atoms with Crippen LogP contribution in [0.1, 0.15) is 10.4 Å². The molecule has 0 atom stereocenters. The second-order valence-corrected chi connectivity index (χ2v) is 3.50. The Kier molecular flexibility index (Phi) is 2.92. The van der Waals surface area contributed by atoms with Crippen molar-refractivity contribution in [3.8, 4) is 0 Å². The van der Waals surface area contributed by atoms with Crippen molar-refractivity contribution in [3.63, 3.8) is 0 Å². The van der Waals surface area contributed by atoms with Crippen LogP contribution in [0.3, 0.4) is 0 Å². The Morgan fingerprint density at radius 3 is 2.81 bits per heavy atom. The van der Waals surface area contributed by atoms with Gasteiger partial charge in [0.05, 0.1) is 22.5 Å². The van der Waals surface area contributed by atoms with Gasteiger partial charge in [0.15, 0.2) is 0 Å². The van der Waals surface area contributed by atoms with Gasteiger partial charge in [-0.3, -0.25) is 4.79 Å². The maximum atomic E-state index is 12.7. The van der Waals surface area contributed by atoms with Crippen LogP contribution in [0.2, 0.25) is 5.02 Å². The predicted octanol–water partition coefficient (Wildman–Crippen LogP) is 3.32. The summed E-state index contributed by atoms with van der Waals surface area (Å²) in [6.07, 6.45) is 2.70. The number of furan rings is 1. The molecular formula is C11H7ClFNO2. The van der Waals surface area contributed by atoms with Crippen LogP contribution < -0.4 is 5.32 Å². The zero-order valence-corrected chi connectivity index (χ0v) is 8.79. The van der Waals surface area contributed by atoms with Crippen molar-refractivity contribution in [1.82, 2.24) is 0 Å². The summed E-state index contributed by atoms with van der Waals surface area (Å²) in [5.74, 6) is -0.812. The number of amides is 1. The lowest BCUT2D eigenvalue weighted by Crippen LogP contribution is -2.11. The van der Waals surface area contributed by atoms with Crippen molar-refractivity contribution in [1.29, 1.82) is 0 Å². The molecule has 0 bridgehead atoms. The third-order valence-electron chi connectivity index (χ3n) is 1.96. The molecule has 1 heterocycles. The monoisotopic (exact) mass is 239 g/mol. The minimum Gasteiger partial charge on any atom is -0.472 e. The first-order valence-electron chi connectivity index (χ1n) is 4.45. The molecule has 0 fully saturated rings. The second-order valence-electron chi connectivity index (χ2n) is 3.09. The van der Waals surface area contributed by atoms with Gasteiger partial charge in [0.2, 0.25) is 0 Å². The molecule has 0 aliphatic rings. The van der Waals surface area contributed by atoms with Crippen LogP contribution >= 0.6 is 11.6 Å². The van der Waals surface area contributed by atoms with E-state index in [1.807, 2.05) is 0 Å². The van der Waals surface area contributed by atoms with Crippen molar-refractivity contribution in [2.75, 3.05) is 5.32 Å². The van der Waals surface area contributed by atoms with Gasteiger partial charge in [-0.1, -0.05) is 11.6 Å². The molecule has 2 rings (SSSR count). The molecule has 1 aromatic carbocycles. The number of carbonyl (C=O) groups excluding carboxylic acids is 1. The number of carbonyl (C=O) groups is 1. The molecule has 82 valence electrons. The van der Waals surface area contributed by atoms with E-state index in [4.69, 9.17) is 16.0 Å². The smallest absolute Gasteiger partial charge is 0.258 e. The molecule has 0 aliphatic heterocycles. The number of anilines is 1. The van der Waals surface area contributed by atoms with Gasteiger partial charge in [-0.05, 0) is 24.3 Å². The van der Waals surface area contributed by atoms with Crippen LogP contribution in [0.15, 0.2) is 41.2 Å². The maximum Gasteiger partial charge on any atom is 0.258 e. The zero-order chi connectivity index (χ0) is 11.5. The van der Waals surface area contributed by atoms with Crippen LogP contribution in [0, 0.1) is 5.82 Å². The van der Waals surface area contributed by atoms with Crippen LogP contribution in [0.4, 0.5) is 10.1 Å². The Morgan fingerprint density at radius 1 is 1.38 bits per heavy atom. The summed E-state index contributed by atoms with van der Waals surface area (Å²) >= 11 is 5.76. The highest BCUT2D eigenvalue weighted by molar-refractivity contribution is 6.33. The standard InChI is InChI=1S/C11H7ClFNO2/c12-9-5-8(13)1-2-10(9)14-11(15)7-3-4-16-6-7/h1-6H,(H,14,15). The van der Waals surface area contributed by atoms with E-state index < -0.39 is 5.82 Å². The molecule has 1 aromatic heterocycles. The van der Waals surface area contributed by atoms with E-state index in [-0.39, 0.29) is 10.9 Å². The van der Waals surface area contributed by atoms with Crippen molar-refractivity contribution in [2.45, 2.75) is 0 Å². The average molecular weight is 240 g/mol. The van der Waals surface area contributed by atoms with E-state index in [2.05, 4.69) is 5.32 Å². The summed E-state index contributed by atoms with van der Waals surface area (Å²) in [6, 6.07) is 5.27. The first-order valence-corrected chi connectivity index (χ1v) is 4.83. The van der Waals surface area contributed by atoms with Gasteiger partial charge in [0.25, 0.3) is 5.91 Å². The zero-order valence-electron chi connectivity index (χ0n) is 8.04. The molecule has 16 heavy (non-hydrogen) atoms. The number of halogens is 2. The lowest BCUT2D eigenvalue weighted by atomic mass is 10.2. The SMILES string of the molecule is O=C(Nc1ccc(F)cc1Cl)c1ccoc1. The van der Waals surface area contributed by atoms with Gasteiger partial charge in [0, 0.05) is 0 Å². The maximum absolute atomic E-state index is 12.7. The van der Waals surface area contributed by atoms with E-state index in [1.54, 1.807) is 0 Å². The Balaban J connectivity index is 2.18. The summed E-state index contributed by atoms with van der Waals surface area (Å²) in [6.45, 7) is 0. The first kappa shape index (κ1) is 10.7. The largest absolute Gasteiger partial charge is 0.472 e. The van der Waals surface area contributed by atoms with Crippen LogP contribution in [-0.2, 0) is 0 Å². The third kappa shape index (κ3) is 2.23.